The van der Waals surface area contributed by atoms with Gasteiger partial charge in [0.05, 0.1) is 11.7 Å². The van der Waals surface area contributed by atoms with Crippen LogP contribution < -0.4 is 0 Å². The Morgan fingerprint density at radius 2 is 2.30 bits per heavy atom. The zero-order valence-corrected chi connectivity index (χ0v) is 5.33. The Labute approximate surface area is 58.1 Å². The molecule has 0 aliphatic rings. The fourth-order valence-corrected chi connectivity index (χ4v) is 0.874. The summed E-state index contributed by atoms with van der Waals surface area (Å²) in [5, 5.41) is 6.64. The van der Waals surface area contributed by atoms with Crippen LogP contribution in [0.4, 0.5) is 0 Å². The number of nitrogens with zero attached hydrogens (tertiary/aromatic N) is 2. The first-order chi connectivity index (χ1) is 4.86. The van der Waals surface area contributed by atoms with Gasteiger partial charge in [-0.2, -0.15) is 5.10 Å². The summed E-state index contributed by atoms with van der Waals surface area (Å²) in [6.07, 6.45) is 3.41. The van der Waals surface area contributed by atoms with Crippen LogP contribution in [0.3, 0.4) is 0 Å². The second-order valence-corrected chi connectivity index (χ2v) is 2.15. The average molecular weight is 132 g/mol. The standard InChI is InChI=1S/C7H6N3/c1-5-2-6-7(8-3-5)4-9-10-6/h2-4H,1H2,(H,9,10). The molecule has 0 amide bonds. The van der Waals surface area contributed by atoms with Crippen molar-refractivity contribution in [2.75, 3.05) is 0 Å². The lowest BCUT2D eigenvalue weighted by Crippen LogP contribution is -1.76. The Morgan fingerprint density at radius 1 is 1.40 bits per heavy atom. The quantitative estimate of drug-likeness (QED) is 0.584. The lowest BCUT2D eigenvalue weighted by atomic mass is 10.3. The van der Waals surface area contributed by atoms with Gasteiger partial charge in [-0.25, -0.2) is 0 Å². The van der Waals surface area contributed by atoms with Gasteiger partial charge in [0.25, 0.3) is 0 Å². The highest BCUT2D eigenvalue weighted by Gasteiger charge is 1.93. The number of fused-ring (bicyclic) bond motifs is 1. The maximum absolute atomic E-state index is 4.08. The highest BCUT2D eigenvalue weighted by molar-refractivity contribution is 5.73. The highest BCUT2D eigenvalue weighted by atomic mass is 15.1. The highest BCUT2D eigenvalue weighted by Crippen LogP contribution is 2.07. The summed E-state index contributed by atoms with van der Waals surface area (Å²) >= 11 is 0. The monoisotopic (exact) mass is 132 g/mol. The molecule has 3 heteroatoms. The second kappa shape index (κ2) is 1.80. The Balaban J connectivity index is 2.86. The molecule has 0 atom stereocenters. The molecule has 0 bridgehead atoms. The van der Waals surface area contributed by atoms with E-state index >= 15 is 0 Å². The van der Waals surface area contributed by atoms with Gasteiger partial charge in [0.15, 0.2) is 0 Å². The minimum atomic E-state index is 0.882. The normalized spacial score (nSPS) is 10.5. The number of H-pyrrole nitrogens is 1. The van der Waals surface area contributed by atoms with Gasteiger partial charge in [0.1, 0.15) is 5.52 Å². The molecule has 0 aliphatic heterocycles. The van der Waals surface area contributed by atoms with E-state index in [2.05, 4.69) is 22.1 Å². The molecule has 2 aromatic heterocycles. The van der Waals surface area contributed by atoms with Crippen molar-refractivity contribution in [3.05, 3.63) is 30.9 Å². The predicted octanol–water partition coefficient (Wildman–Crippen LogP) is 1.14. The molecule has 0 aromatic carbocycles. The van der Waals surface area contributed by atoms with Gasteiger partial charge in [-0.05, 0) is 18.6 Å². The summed E-state index contributed by atoms with van der Waals surface area (Å²) in [5.74, 6) is 0. The van der Waals surface area contributed by atoms with Crippen molar-refractivity contribution in [3.63, 3.8) is 0 Å². The second-order valence-electron chi connectivity index (χ2n) is 2.15. The van der Waals surface area contributed by atoms with Crippen molar-refractivity contribution in [3.8, 4) is 0 Å². The summed E-state index contributed by atoms with van der Waals surface area (Å²) in [4.78, 5) is 4.08. The largest absolute Gasteiger partial charge is 0.276 e. The van der Waals surface area contributed by atoms with Crippen molar-refractivity contribution >= 4 is 11.0 Å². The molecule has 0 aliphatic carbocycles. The lowest BCUT2D eigenvalue weighted by molar-refractivity contribution is 1.12. The molecular weight excluding hydrogens is 126 g/mol. The lowest BCUT2D eigenvalue weighted by Gasteiger charge is -1.88. The molecule has 0 saturated carbocycles. The number of rotatable bonds is 0. The van der Waals surface area contributed by atoms with Gasteiger partial charge in [0, 0.05) is 6.20 Å². The maximum Gasteiger partial charge on any atom is 0.108 e. The van der Waals surface area contributed by atoms with E-state index in [0.29, 0.717) is 0 Å². The van der Waals surface area contributed by atoms with E-state index in [1.165, 1.54) is 0 Å². The number of aromatic amines is 1. The molecule has 1 radical (unpaired) electrons. The first-order valence-corrected chi connectivity index (χ1v) is 2.97. The van der Waals surface area contributed by atoms with Crippen molar-refractivity contribution in [1.29, 1.82) is 0 Å². The van der Waals surface area contributed by atoms with Crippen LogP contribution in [0.1, 0.15) is 5.56 Å². The maximum atomic E-state index is 4.08. The summed E-state index contributed by atoms with van der Waals surface area (Å²) < 4.78 is 0. The minimum absolute atomic E-state index is 0.882. The van der Waals surface area contributed by atoms with Gasteiger partial charge in [-0.3, -0.25) is 10.1 Å². The summed E-state index contributed by atoms with van der Waals surface area (Å²) in [7, 11) is 0. The molecule has 3 nitrogen and oxygen atoms in total. The van der Waals surface area contributed by atoms with Gasteiger partial charge < -0.3 is 0 Å². The molecule has 0 saturated heterocycles. The van der Waals surface area contributed by atoms with Gasteiger partial charge >= 0.3 is 0 Å². The van der Waals surface area contributed by atoms with E-state index in [0.717, 1.165) is 16.6 Å². The van der Waals surface area contributed by atoms with E-state index < -0.39 is 0 Å². The molecule has 2 aromatic rings. The van der Waals surface area contributed by atoms with Crippen LogP contribution >= 0.6 is 0 Å². The molecule has 1 N–H and O–H groups in total. The number of hydrogen-bond acceptors (Lipinski definition) is 2. The number of hydrogen-bond donors (Lipinski definition) is 1. The first kappa shape index (κ1) is 5.41. The van der Waals surface area contributed by atoms with Gasteiger partial charge in [0.2, 0.25) is 0 Å². The SMILES string of the molecule is [CH2]c1cnc2cn[nH]c2c1. The minimum Gasteiger partial charge on any atom is -0.276 e. The summed E-state index contributed by atoms with van der Waals surface area (Å²) in [5.41, 5.74) is 2.72. The molecule has 2 rings (SSSR count). The fourth-order valence-electron chi connectivity index (χ4n) is 0.874. The molecule has 0 spiro atoms. The topological polar surface area (TPSA) is 41.6 Å². The van der Waals surface area contributed by atoms with E-state index in [-0.39, 0.29) is 0 Å². The Hall–Kier alpha value is -1.38. The Bertz CT molecular complexity index is 350. The molecule has 0 unspecified atom stereocenters. The van der Waals surface area contributed by atoms with E-state index in [4.69, 9.17) is 0 Å². The number of pyridine rings is 1. The van der Waals surface area contributed by atoms with Crippen molar-refractivity contribution in [1.82, 2.24) is 15.2 Å². The molecule has 49 valence electrons. The van der Waals surface area contributed by atoms with Gasteiger partial charge in [-0.15, -0.1) is 0 Å². The zero-order valence-electron chi connectivity index (χ0n) is 5.33. The van der Waals surface area contributed by atoms with Crippen LogP contribution in [0, 0.1) is 6.92 Å². The first-order valence-electron chi connectivity index (χ1n) is 2.97. The predicted molar refractivity (Wildman–Crippen MR) is 38.3 cm³/mol. The Morgan fingerprint density at radius 3 is 3.20 bits per heavy atom. The van der Waals surface area contributed by atoms with Crippen LogP contribution in [-0.4, -0.2) is 15.2 Å². The van der Waals surface area contributed by atoms with E-state index in [1.54, 1.807) is 12.4 Å². The zero-order chi connectivity index (χ0) is 6.97. The smallest absolute Gasteiger partial charge is 0.108 e. The average Bonchev–Trinajstić information content (AvgIpc) is 2.33. The number of aromatic nitrogens is 3. The van der Waals surface area contributed by atoms with Crippen LogP contribution in [0.15, 0.2) is 18.5 Å². The van der Waals surface area contributed by atoms with Crippen molar-refractivity contribution in [2.45, 2.75) is 0 Å². The summed E-state index contributed by atoms with van der Waals surface area (Å²) in [6, 6.07) is 1.91. The van der Waals surface area contributed by atoms with Crippen LogP contribution in [0.25, 0.3) is 11.0 Å². The molecule has 10 heavy (non-hydrogen) atoms. The third kappa shape index (κ3) is 0.673. The van der Waals surface area contributed by atoms with Gasteiger partial charge in [-0.1, -0.05) is 0 Å². The Kier molecular flexibility index (Phi) is 0.974. The van der Waals surface area contributed by atoms with Crippen molar-refractivity contribution < 1.29 is 0 Å². The number of nitrogens with one attached hydrogen (secondary N) is 1. The van der Waals surface area contributed by atoms with Crippen molar-refractivity contribution in [2.24, 2.45) is 0 Å². The summed E-state index contributed by atoms with van der Waals surface area (Å²) in [6.45, 7) is 3.74. The van der Waals surface area contributed by atoms with Crippen LogP contribution in [0.5, 0.6) is 0 Å². The van der Waals surface area contributed by atoms with E-state index in [9.17, 15) is 0 Å². The third-order valence-corrected chi connectivity index (χ3v) is 1.35. The fraction of sp³-hybridized carbons (Fsp3) is 0. The molecule has 0 fully saturated rings. The van der Waals surface area contributed by atoms with Crippen LogP contribution in [-0.2, 0) is 0 Å². The molecular formula is C7H6N3. The molecule has 2 heterocycles. The third-order valence-electron chi connectivity index (χ3n) is 1.35. The van der Waals surface area contributed by atoms with E-state index in [1.807, 2.05) is 6.07 Å². The van der Waals surface area contributed by atoms with Crippen LogP contribution in [0.2, 0.25) is 0 Å².